The summed E-state index contributed by atoms with van der Waals surface area (Å²) in [4.78, 5) is 23.5. The van der Waals surface area contributed by atoms with Gasteiger partial charge in [0, 0.05) is 5.56 Å². The van der Waals surface area contributed by atoms with Gasteiger partial charge in [0.1, 0.15) is 19.0 Å². The largest absolute Gasteiger partial charge is 0.486 e. The molecule has 3 rings (SSSR count). The molecule has 7 heteroatoms. The van der Waals surface area contributed by atoms with Crippen molar-refractivity contribution >= 4 is 11.8 Å². The van der Waals surface area contributed by atoms with Gasteiger partial charge in [-0.3, -0.25) is 9.59 Å². The molecule has 148 valence electrons. The van der Waals surface area contributed by atoms with Crippen LogP contribution in [0.4, 0.5) is 0 Å². The van der Waals surface area contributed by atoms with Gasteiger partial charge in [0.05, 0.1) is 6.04 Å². The number of nitrogens with two attached hydrogens (primary N) is 1. The Morgan fingerprint density at radius 1 is 1.07 bits per heavy atom. The summed E-state index contributed by atoms with van der Waals surface area (Å²) in [6.07, 6.45) is 0. The zero-order chi connectivity index (χ0) is 20.1. The highest BCUT2D eigenvalue weighted by atomic mass is 16.6. The third kappa shape index (κ3) is 4.73. The molecule has 0 aliphatic carbocycles. The number of primary amides is 1. The predicted octanol–water partition coefficient (Wildman–Crippen LogP) is 2.45. The molecule has 0 spiro atoms. The van der Waals surface area contributed by atoms with E-state index in [-0.39, 0.29) is 24.5 Å². The van der Waals surface area contributed by atoms with Crippen molar-refractivity contribution in [1.29, 1.82) is 0 Å². The quantitative estimate of drug-likeness (QED) is 0.764. The van der Waals surface area contributed by atoms with E-state index in [0.29, 0.717) is 36.0 Å². The first-order chi connectivity index (χ1) is 13.4. The van der Waals surface area contributed by atoms with Crippen molar-refractivity contribution in [3.63, 3.8) is 0 Å². The van der Waals surface area contributed by atoms with E-state index < -0.39 is 5.91 Å². The van der Waals surface area contributed by atoms with Crippen LogP contribution in [0.1, 0.15) is 35.8 Å². The molecule has 2 aromatic carbocycles. The zero-order valence-corrected chi connectivity index (χ0v) is 15.9. The van der Waals surface area contributed by atoms with E-state index in [1.54, 1.807) is 24.3 Å². The predicted molar refractivity (Wildman–Crippen MR) is 104 cm³/mol. The Morgan fingerprint density at radius 2 is 1.75 bits per heavy atom. The van der Waals surface area contributed by atoms with Crippen LogP contribution in [0.15, 0.2) is 42.5 Å². The Hall–Kier alpha value is -3.22. The molecule has 1 atom stereocenters. The molecule has 0 unspecified atom stereocenters. The smallest absolute Gasteiger partial charge is 0.258 e. The number of carbonyl (C=O) groups is 2. The molecule has 0 fully saturated rings. The summed E-state index contributed by atoms with van der Waals surface area (Å²) in [6.45, 7) is 4.98. The van der Waals surface area contributed by atoms with Gasteiger partial charge >= 0.3 is 0 Å². The number of hydrogen-bond acceptors (Lipinski definition) is 5. The van der Waals surface area contributed by atoms with Crippen LogP contribution in [0.5, 0.6) is 17.2 Å². The average molecular weight is 384 g/mol. The van der Waals surface area contributed by atoms with Crippen LogP contribution >= 0.6 is 0 Å². The summed E-state index contributed by atoms with van der Waals surface area (Å²) in [5, 5.41) is 3.00. The molecule has 0 radical (unpaired) electrons. The molecule has 3 N–H and O–H groups in total. The number of hydrogen-bond donors (Lipinski definition) is 2. The van der Waals surface area contributed by atoms with Gasteiger partial charge in [-0.1, -0.05) is 19.9 Å². The Balaban J connectivity index is 1.62. The van der Waals surface area contributed by atoms with Gasteiger partial charge in [0.2, 0.25) is 5.91 Å². The van der Waals surface area contributed by atoms with E-state index in [1.807, 2.05) is 32.0 Å². The Bertz CT molecular complexity index is 848. The molecule has 1 aliphatic heterocycles. The summed E-state index contributed by atoms with van der Waals surface area (Å²) >= 11 is 0. The Kier molecular flexibility index (Phi) is 6.03. The van der Waals surface area contributed by atoms with Crippen LogP contribution in [-0.2, 0) is 4.79 Å². The van der Waals surface area contributed by atoms with Crippen LogP contribution < -0.4 is 25.3 Å². The molecule has 28 heavy (non-hydrogen) atoms. The Labute approximate surface area is 163 Å². The standard InChI is InChI=1S/C21H24N2O5/c1-13(2)20(15-5-8-17-18(11-15)27-10-9-26-17)23-19(24)12-28-16-6-3-14(4-7-16)21(22)25/h3-8,11,13,20H,9-10,12H2,1-2H3,(H2,22,25)(H,23,24)/t20-/m0/s1. The molecule has 7 nitrogen and oxygen atoms in total. The second-order valence-corrected chi connectivity index (χ2v) is 6.87. The van der Waals surface area contributed by atoms with Crippen molar-refractivity contribution in [2.24, 2.45) is 11.7 Å². The van der Waals surface area contributed by atoms with Crippen LogP contribution in [-0.4, -0.2) is 31.6 Å². The highest BCUT2D eigenvalue weighted by molar-refractivity contribution is 5.92. The summed E-state index contributed by atoms with van der Waals surface area (Å²) in [6, 6.07) is 11.8. The van der Waals surface area contributed by atoms with Gasteiger partial charge in [0.15, 0.2) is 18.1 Å². The fourth-order valence-corrected chi connectivity index (χ4v) is 2.97. The SMILES string of the molecule is CC(C)[C@H](NC(=O)COc1ccc(C(N)=O)cc1)c1ccc2c(c1)OCCO2. The van der Waals surface area contributed by atoms with Gasteiger partial charge in [-0.15, -0.1) is 0 Å². The summed E-state index contributed by atoms with van der Waals surface area (Å²) in [5.74, 6) is 1.30. The molecular weight excluding hydrogens is 360 g/mol. The van der Waals surface area contributed by atoms with Crippen molar-refractivity contribution in [1.82, 2.24) is 5.32 Å². The van der Waals surface area contributed by atoms with Crippen molar-refractivity contribution < 1.29 is 23.8 Å². The highest BCUT2D eigenvalue weighted by Gasteiger charge is 2.21. The lowest BCUT2D eigenvalue weighted by Gasteiger charge is -2.25. The molecule has 0 saturated heterocycles. The number of benzene rings is 2. The van der Waals surface area contributed by atoms with Crippen LogP contribution in [0, 0.1) is 5.92 Å². The summed E-state index contributed by atoms with van der Waals surface area (Å²) < 4.78 is 16.7. The first-order valence-corrected chi connectivity index (χ1v) is 9.15. The number of nitrogens with one attached hydrogen (secondary N) is 1. The second-order valence-electron chi connectivity index (χ2n) is 6.87. The Morgan fingerprint density at radius 3 is 2.39 bits per heavy atom. The molecule has 1 aliphatic rings. The molecule has 1 heterocycles. The maximum absolute atomic E-state index is 12.4. The third-order valence-corrected chi connectivity index (χ3v) is 4.42. The van der Waals surface area contributed by atoms with Crippen molar-refractivity contribution in [3.8, 4) is 17.2 Å². The van der Waals surface area contributed by atoms with E-state index in [4.69, 9.17) is 19.9 Å². The molecule has 0 saturated carbocycles. The van der Waals surface area contributed by atoms with Gasteiger partial charge in [-0.25, -0.2) is 0 Å². The average Bonchev–Trinajstić information content (AvgIpc) is 2.70. The fraction of sp³-hybridized carbons (Fsp3) is 0.333. The van der Waals surface area contributed by atoms with Crippen LogP contribution in [0.25, 0.3) is 0 Å². The number of rotatable bonds is 7. The lowest BCUT2D eigenvalue weighted by molar-refractivity contribution is -0.124. The lowest BCUT2D eigenvalue weighted by Crippen LogP contribution is -2.35. The number of fused-ring (bicyclic) bond motifs is 1. The maximum Gasteiger partial charge on any atom is 0.258 e. The van der Waals surface area contributed by atoms with E-state index in [2.05, 4.69) is 5.32 Å². The monoisotopic (exact) mass is 384 g/mol. The highest BCUT2D eigenvalue weighted by Crippen LogP contribution is 2.34. The number of amides is 2. The number of carbonyl (C=O) groups excluding carboxylic acids is 2. The minimum Gasteiger partial charge on any atom is -0.486 e. The fourth-order valence-electron chi connectivity index (χ4n) is 2.97. The van der Waals surface area contributed by atoms with Crippen molar-refractivity contribution in [2.75, 3.05) is 19.8 Å². The molecule has 2 amide bonds. The van der Waals surface area contributed by atoms with E-state index in [1.165, 1.54) is 0 Å². The number of ether oxygens (including phenoxy) is 3. The lowest BCUT2D eigenvalue weighted by atomic mass is 9.95. The molecule has 2 aromatic rings. The van der Waals surface area contributed by atoms with E-state index in [9.17, 15) is 9.59 Å². The van der Waals surface area contributed by atoms with Crippen LogP contribution in [0.2, 0.25) is 0 Å². The molecular formula is C21H24N2O5. The first kappa shape index (κ1) is 19.5. The molecule has 0 aromatic heterocycles. The van der Waals surface area contributed by atoms with Gasteiger partial charge in [0.25, 0.3) is 5.91 Å². The summed E-state index contributed by atoms with van der Waals surface area (Å²) in [7, 11) is 0. The third-order valence-electron chi connectivity index (χ3n) is 4.42. The van der Waals surface area contributed by atoms with Gasteiger partial charge in [-0.05, 0) is 47.9 Å². The van der Waals surface area contributed by atoms with E-state index >= 15 is 0 Å². The maximum atomic E-state index is 12.4. The van der Waals surface area contributed by atoms with Gasteiger partial charge in [-0.2, -0.15) is 0 Å². The first-order valence-electron chi connectivity index (χ1n) is 9.15. The van der Waals surface area contributed by atoms with Crippen LogP contribution in [0.3, 0.4) is 0 Å². The van der Waals surface area contributed by atoms with E-state index in [0.717, 1.165) is 5.56 Å². The van der Waals surface area contributed by atoms with Crippen molar-refractivity contribution in [2.45, 2.75) is 19.9 Å². The van der Waals surface area contributed by atoms with Gasteiger partial charge < -0.3 is 25.3 Å². The normalized spacial score (nSPS) is 13.7. The summed E-state index contributed by atoms with van der Waals surface area (Å²) in [5.41, 5.74) is 6.53. The molecule has 0 bridgehead atoms. The van der Waals surface area contributed by atoms with Crippen molar-refractivity contribution in [3.05, 3.63) is 53.6 Å². The second kappa shape index (κ2) is 8.65. The minimum absolute atomic E-state index is 0.135. The minimum atomic E-state index is -0.511. The topological polar surface area (TPSA) is 99.9 Å². The zero-order valence-electron chi connectivity index (χ0n) is 15.9.